The number of carbonyl (C=O) groups excluding carboxylic acids is 2. The first-order chi connectivity index (χ1) is 25.4. The maximum atomic E-state index is 15.2. The molecule has 13 heteroatoms. The standard InChI is InChI=1S/C40H52ClFN6O5/c1-6-51-36(49)9-7-19-46(25-28-10-14-31(23-28)48-22-18-33-37(43-5)44-27-45-38(33)48)20-8-21-47(39(50)53-40(2,3)4)26-29-11-17-35(34(42)24-29)52-32-15-12-30(41)13-16-32/h11-13,15-18,22,24,27-28,31H,6-10,14,19-21,23,25-26H2,1-5H3,(H,43,44,45). The Hall–Kier alpha value is -4.42. The van der Waals surface area contributed by atoms with Gasteiger partial charge in [0.15, 0.2) is 11.6 Å². The molecule has 1 aliphatic carbocycles. The third-order valence-electron chi connectivity index (χ3n) is 9.30. The summed E-state index contributed by atoms with van der Waals surface area (Å²) in [5.74, 6) is 1.10. The van der Waals surface area contributed by atoms with E-state index in [0.717, 1.165) is 55.7 Å². The van der Waals surface area contributed by atoms with Crippen LogP contribution in [0.3, 0.4) is 0 Å². The number of fused-ring (bicyclic) bond motifs is 1. The van der Waals surface area contributed by atoms with Gasteiger partial charge in [0.1, 0.15) is 29.1 Å². The molecule has 1 saturated carbocycles. The Labute approximate surface area is 316 Å². The van der Waals surface area contributed by atoms with E-state index in [2.05, 4.69) is 37.0 Å². The number of halogens is 2. The van der Waals surface area contributed by atoms with Crippen LogP contribution in [-0.4, -0.2) is 81.8 Å². The van der Waals surface area contributed by atoms with Gasteiger partial charge in [-0.15, -0.1) is 0 Å². The van der Waals surface area contributed by atoms with Gasteiger partial charge in [-0.1, -0.05) is 17.7 Å². The van der Waals surface area contributed by atoms with Gasteiger partial charge in [-0.05, 0) is 127 Å². The second-order valence-electron chi connectivity index (χ2n) is 14.6. The molecule has 1 fully saturated rings. The number of aromatic nitrogens is 3. The normalized spacial score (nSPS) is 15.8. The zero-order valence-electron chi connectivity index (χ0n) is 31.4. The average Bonchev–Trinajstić information content (AvgIpc) is 3.76. The van der Waals surface area contributed by atoms with Crippen molar-refractivity contribution in [3.63, 3.8) is 0 Å². The number of benzene rings is 2. The largest absolute Gasteiger partial charge is 0.466 e. The van der Waals surface area contributed by atoms with Crippen molar-refractivity contribution in [3.8, 4) is 11.5 Å². The fourth-order valence-corrected chi connectivity index (χ4v) is 7.02. The highest BCUT2D eigenvalue weighted by molar-refractivity contribution is 6.30. The molecule has 4 aromatic rings. The van der Waals surface area contributed by atoms with Gasteiger partial charge in [0, 0.05) is 50.4 Å². The number of esters is 1. The molecule has 0 aliphatic heterocycles. The van der Waals surface area contributed by atoms with Crippen molar-refractivity contribution in [1.82, 2.24) is 24.3 Å². The minimum atomic E-state index is -0.694. The third-order valence-corrected chi connectivity index (χ3v) is 9.55. The lowest BCUT2D eigenvalue weighted by molar-refractivity contribution is -0.143. The second kappa shape index (κ2) is 18.6. The van der Waals surface area contributed by atoms with E-state index in [1.165, 1.54) is 6.07 Å². The zero-order chi connectivity index (χ0) is 38.0. The van der Waals surface area contributed by atoms with Crippen molar-refractivity contribution in [2.75, 3.05) is 45.2 Å². The van der Waals surface area contributed by atoms with Crippen LogP contribution in [0.5, 0.6) is 11.5 Å². The number of anilines is 1. The Morgan fingerprint density at radius 2 is 1.81 bits per heavy atom. The van der Waals surface area contributed by atoms with Crippen LogP contribution in [-0.2, 0) is 20.8 Å². The molecule has 286 valence electrons. The molecular weight excluding hydrogens is 699 g/mol. The van der Waals surface area contributed by atoms with Crippen LogP contribution >= 0.6 is 11.6 Å². The lowest BCUT2D eigenvalue weighted by atomic mass is 10.1. The molecule has 0 spiro atoms. The van der Waals surface area contributed by atoms with E-state index in [-0.39, 0.29) is 18.3 Å². The summed E-state index contributed by atoms with van der Waals surface area (Å²) >= 11 is 5.97. The van der Waals surface area contributed by atoms with Crippen molar-refractivity contribution in [1.29, 1.82) is 0 Å². The Balaban J connectivity index is 1.23. The molecular formula is C40H52ClFN6O5. The highest BCUT2D eigenvalue weighted by Crippen LogP contribution is 2.37. The fraction of sp³-hybridized carbons (Fsp3) is 0.500. The van der Waals surface area contributed by atoms with E-state index < -0.39 is 17.5 Å². The van der Waals surface area contributed by atoms with E-state index >= 15 is 4.39 Å². The maximum Gasteiger partial charge on any atom is 0.410 e. The second-order valence-corrected chi connectivity index (χ2v) is 15.0. The molecule has 11 nitrogen and oxygen atoms in total. The Kier molecular flexibility index (Phi) is 13.9. The number of hydrogen-bond acceptors (Lipinski definition) is 9. The molecule has 53 heavy (non-hydrogen) atoms. The molecule has 1 amide bonds. The van der Waals surface area contributed by atoms with Gasteiger partial charge in [0.25, 0.3) is 0 Å². The molecule has 2 atom stereocenters. The quantitative estimate of drug-likeness (QED) is 0.106. The molecule has 2 aromatic heterocycles. The van der Waals surface area contributed by atoms with Crippen LogP contribution < -0.4 is 10.1 Å². The predicted molar refractivity (Wildman–Crippen MR) is 205 cm³/mol. The topological polar surface area (TPSA) is 111 Å². The van der Waals surface area contributed by atoms with Gasteiger partial charge in [-0.3, -0.25) is 4.79 Å². The Morgan fingerprint density at radius 1 is 1.04 bits per heavy atom. The summed E-state index contributed by atoms with van der Waals surface area (Å²) in [5.41, 5.74) is 0.859. The van der Waals surface area contributed by atoms with Crippen molar-refractivity contribution < 1.29 is 28.2 Å². The number of carbonyl (C=O) groups is 2. The highest BCUT2D eigenvalue weighted by Gasteiger charge is 2.29. The minimum Gasteiger partial charge on any atom is -0.466 e. The summed E-state index contributed by atoms with van der Waals surface area (Å²) in [5, 5.41) is 4.73. The van der Waals surface area contributed by atoms with E-state index in [4.69, 9.17) is 25.8 Å². The maximum absolute atomic E-state index is 15.2. The summed E-state index contributed by atoms with van der Waals surface area (Å²) in [6.45, 7) is 10.6. The van der Waals surface area contributed by atoms with Gasteiger partial charge in [0.05, 0.1) is 12.0 Å². The molecule has 0 radical (unpaired) electrons. The summed E-state index contributed by atoms with van der Waals surface area (Å²) in [6.07, 6.45) is 8.11. The lowest BCUT2D eigenvalue weighted by Gasteiger charge is -2.30. The Bertz CT molecular complexity index is 1810. The Morgan fingerprint density at radius 3 is 2.53 bits per heavy atom. The SMILES string of the molecule is CCOC(=O)CCCN(CCCN(Cc1ccc(Oc2ccc(Cl)cc2)c(F)c1)C(=O)OC(C)(C)C)CC1CCC(n2ccc3c(NC)ncnc32)C1. The first-order valence-corrected chi connectivity index (χ1v) is 18.9. The van der Waals surface area contributed by atoms with Crippen LogP contribution in [0.1, 0.15) is 77.8 Å². The monoisotopic (exact) mass is 750 g/mol. The molecule has 0 saturated heterocycles. The van der Waals surface area contributed by atoms with Crippen molar-refractivity contribution in [2.24, 2.45) is 5.92 Å². The molecule has 1 N–H and O–H groups in total. The van der Waals surface area contributed by atoms with E-state index in [1.807, 2.05) is 34.7 Å². The predicted octanol–water partition coefficient (Wildman–Crippen LogP) is 8.87. The first kappa shape index (κ1) is 39.8. The van der Waals surface area contributed by atoms with Crippen LogP contribution in [0.25, 0.3) is 11.0 Å². The molecule has 2 heterocycles. The van der Waals surface area contributed by atoms with Crippen LogP contribution in [0.15, 0.2) is 61.1 Å². The average molecular weight is 751 g/mol. The summed E-state index contributed by atoms with van der Waals surface area (Å²) in [6, 6.07) is 13.8. The number of nitrogens with one attached hydrogen (secondary N) is 1. The molecule has 2 aromatic carbocycles. The minimum absolute atomic E-state index is 0.0773. The van der Waals surface area contributed by atoms with Gasteiger partial charge < -0.3 is 33.9 Å². The summed E-state index contributed by atoms with van der Waals surface area (Å²) in [4.78, 5) is 38.5. The fourth-order valence-electron chi connectivity index (χ4n) is 6.89. The number of amides is 1. The lowest BCUT2D eigenvalue weighted by Crippen LogP contribution is -2.39. The number of ether oxygens (including phenoxy) is 3. The summed E-state index contributed by atoms with van der Waals surface area (Å²) in [7, 11) is 1.87. The molecule has 2 unspecified atom stereocenters. The van der Waals surface area contributed by atoms with Crippen molar-refractivity contribution in [3.05, 3.63) is 77.5 Å². The molecule has 1 aliphatic rings. The first-order valence-electron chi connectivity index (χ1n) is 18.5. The van der Waals surface area contributed by atoms with E-state index in [1.54, 1.807) is 47.6 Å². The summed E-state index contributed by atoms with van der Waals surface area (Å²) < 4.78 is 34.1. The van der Waals surface area contributed by atoms with Gasteiger partial charge in [-0.25, -0.2) is 19.2 Å². The van der Waals surface area contributed by atoms with Crippen LogP contribution in [0.2, 0.25) is 5.02 Å². The molecule has 5 rings (SSSR count). The van der Waals surface area contributed by atoms with E-state index in [9.17, 15) is 9.59 Å². The highest BCUT2D eigenvalue weighted by atomic mass is 35.5. The van der Waals surface area contributed by atoms with Gasteiger partial charge in [-0.2, -0.15) is 0 Å². The van der Waals surface area contributed by atoms with Crippen molar-refractivity contribution >= 4 is 40.5 Å². The molecule has 0 bridgehead atoms. The van der Waals surface area contributed by atoms with E-state index in [0.29, 0.717) is 60.7 Å². The van der Waals surface area contributed by atoms with Gasteiger partial charge in [0.2, 0.25) is 0 Å². The number of nitrogens with zero attached hydrogens (tertiary/aromatic N) is 5. The number of hydrogen-bond donors (Lipinski definition) is 1. The van der Waals surface area contributed by atoms with Gasteiger partial charge >= 0.3 is 12.1 Å². The zero-order valence-corrected chi connectivity index (χ0v) is 32.2. The van der Waals surface area contributed by atoms with Crippen molar-refractivity contribution in [2.45, 2.75) is 84.4 Å². The van der Waals surface area contributed by atoms with Crippen LogP contribution in [0, 0.1) is 11.7 Å². The number of rotatable bonds is 17. The smallest absolute Gasteiger partial charge is 0.410 e. The van der Waals surface area contributed by atoms with Crippen LogP contribution in [0.4, 0.5) is 15.0 Å². The third kappa shape index (κ3) is 11.5.